The van der Waals surface area contributed by atoms with E-state index in [0.717, 1.165) is 29.7 Å². The van der Waals surface area contributed by atoms with Crippen LogP contribution in [0.3, 0.4) is 0 Å². The van der Waals surface area contributed by atoms with Crippen molar-refractivity contribution in [2.24, 2.45) is 0 Å². The van der Waals surface area contributed by atoms with E-state index in [9.17, 15) is 4.79 Å². The normalized spacial score (nSPS) is 14.8. The van der Waals surface area contributed by atoms with Crippen LogP contribution in [-0.4, -0.2) is 26.5 Å². The maximum Gasteiger partial charge on any atom is 0.222 e. The number of aryl methyl sites for hydroxylation is 2. The van der Waals surface area contributed by atoms with Gasteiger partial charge < -0.3 is 11.1 Å². The van der Waals surface area contributed by atoms with E-state index in [4.69, 9.17) is 5.73 Å². The number of anilines is 1. The van der Waals surface area contributed by atoms with Gasteiger partial charge in [0, 0.05) is 24.7 Å². The first-order chi connectivity index (χ1) is 9.13. The first-order valence-corrected chi connectivity index (χ1v) is 6.52. The van der Waals surface area contributed by atoms with Crippen LogP contribution in [0.25, 0.3) is 11.2 Å². The molecule has 2 aromatic rings. The minimum Gasteiger partial charge on any atom is -0.369 e. The number of nitrogens with one attached hydrogen (secondary N) is 1. The molecule has 6 heteroatoms. The molecule has 0 aromatic carbocycles. The second kappa shape index (κ2) is 4.53. The lowest BCUT2D eigenvalue weighted by Gasteiger charge is -2.06. The molecule has 1 saturated carbocycles. The summed E-state index contributed by atoms with van der Waals surface area (Å²) >= 11 is 0. The predicted octanol–water partition coefficient (Wildman–Crippen LogP) is 0.991. The summed E-state index contributed by atoms with van der Waals surface area (Å²) in [7, 11) is 0. The Morgan fingerprint density at radius 1 is 1.47 bits per heavy atom. The molecule has 100 valence electrons. The van der Waals surface area contributed by atoms with Crippen LogP contribution in [0.4, 0.5) is 5.95 Å². The third-order valence-corrected chi connectivity index (χ3v) is 3.27. The summed E-state index contributed by atoms with van der Waals surface area (Å²) in [6.07, 6.45) is 2.60. The van der Waals surface area contributed by atoms with Gasteiger partial charge in [0.2, 0.25) is 11.9 Å². The number of hydrogen-bond donors (Lipinski definition) is 2. The molecule has 0 atom stereocenters. The number of nitrogen functional groups attached to an aromatic ring is 1. The Balaban J connectivity index is 1.77. The molecule has 0 spiro atoms. The summed E-state index contributed by atoms with van der Waals surface area (Å²) < 4.78 is 1.80. The van der Waals surface area contributed by atoms with E-state index in [1.54, 1.807) is 4.57 Å². The van der Waals surface area contributed by atoms with Crippen LogP contribution >= 0.6 is 0 Å². The van der Waals surface area contributed by atoms with Crippen molar-refractivity contribution in [2.75, 3.05) is 5.73 Å². The number of amides is 1. The zero-order valence-corrected chi connectivity index (χ0v) is 10.9. The second-order valence-electron chi connectivity index (χ2n) is 5.01. The Bertz CT molecular complexity index is 629. The standard InChI is InChI=1S/C13H17N5O/c1-8-2-5-10-12(15-8)18(13(14)17-10)7-6-11(19)16-9-3-4-9/h2,5,9H,3-4,6-7H2,1H3,(H2,14,17)(H,16,19). The molecule has 1 aliphatic rings. The smallest absolute Gasteiger partial charge is 0.222 e. The Morgan fingerprint density at radius 2 is 2.26 bits per heavy atom. The van der Waals surface area contributed by atoms with Crippen molar-refractivity contribution in [2.45, 2.75) is 38.8 Å². The monoisotopic (exact) mass is 259 g/mol. The molecule has 3 N–H and O–H groups in total. The number of nitrogens with zero attached hydrogens (tertiary/aromatic N) is 3. The van der Waals surface area contributed by atoms with Crippen molar-refractivity contribution in [3.05, 3.63) is 17.8 Å². The summed E-state index contributed by atoms with van der Waals surface area (Å²) in [5, 5.41) is 2.96. The highest BCUT2D eigenvalue weighted by Crippen LogP contribution is 2.19. The number of rotatable bonds is 4. The number of hydrogen-bond acceptors (Lipinski definition) is 4. The SMILES string of the molecule is Cc1ccc2nc(N)n(CCC(=O)NC3CC3)c2n1. The van der Waals surface area contributed by atoms with E-state index >= 15 is 0 Å². The third kappa shape index (κ3) is 2.52. The van der Waals surface area contributed by atoms with Crippen LogP contribution in [0, 0.1) is 6.92 Å². The van der Waals surface area contributed by atoms with Crippen LogP contribution in [0.2, 0.25) is 0 Å². The number of carbonyl (C=O) groups is 1. The molecule has 3 rings (SSSR count). The fraction of sp³-hybridized carbons (Fsp3) is 0.462. The first-order valence-electron chi connectivity index (χ1n) is 6.52. The minimum absolute atomic E-state index is 0.0661. The fourth-order valence-corrected chi connectivity index (χ4v) is 2.08. The van der Waals surface area contributed by atoms with Crippen LogP contribution < -0.4 is 11.1 Å². The van der Waals surface area contributed by atoms with Crippen molar-refractivity contribution < 1.29 is 4.79 Å². The summed E-state index contributed by atoms with van der Waals surface area (Å²) in [5.41, 5.74) is 8.31. The lowest BCUT2D eigenvalue weighted by atomic mass is 10.3. The molecule has 2 heterocycles. The second-order valence-corrected chi connectivity index (χ2v) is 5.01. The van der Waals surface area contributed by atoms with Gasteiger partial charge in [0.15, 0.2) is 5.65 Å². The molecule has 2 aromatic heterocycles. The third-order valence-electron chi connectivity index (χ3n) is 3.27. The maximum atomic E-state index is 11.7. The molecule has 1 fully saturated rings. The number of pyridine rings is 1. The predicted molar refractivity (Wildman–Crippen MR) is 72.5 cm³/mol. The van der Waals surface area contributed by atoms with Crippen molar-refractivity contribution in [3.63, 3.8) is 0 Å². The number of aromatic nitrogens is 3. The van der Waals surface area contributed by atoms with Crippen LogP contribution in [0.15, 0.2) is 12.1 Å². The molecule has 0 unspecified atom stereocenters. The van der Waals surface area contributed by atoms with Gasteiger partial charge in [-0.2, -0.15) is 0 Å². The number of fused-ring (bicyclic) bond motifs is 1. The molecule has 1 amide bonds. The van der Waals surface area contributed by atoms with Crippen molar-refractivity contribution >= 4 is 23.0 Å². The summed E-state index contributed by atoms with van der Waals surface area (Å²) in [4.78, 5) is 20.4. The van der Waals surface area contributed by atoms with E-state index < -0.39 is 0 Å². The summed E-state index contributed by atoms with van der Waals surface area (Å²) in [6, 6.07) is 4.19. The quantitative estimate of drug-likeness (QED) is 0.857. The Hall–Kier alpha value is -2.11. The highest BCUT2D eigenvalue weighted by atomic mass is 16.1. The molecule has 1 aliphatic carbocycles. The molecule has 0 bridgehead atoms. The van der Waals surface area contributed by atoms with Gasteiger partial charge >= 0.3 is 0 Å². The molecule has 0 radical (unpaired) electrons. The zero-order chi connectivity index (χ0) is 13.4. The topological polar surface area (TPSA) is 85.8 Å². The number of nitrogens with two attached hydrogens (primary N) is 1. The van der Waals surface area contributed by atoms with Gasteiger partial charge in [-0.25, -0.2) is 9.97 Å². The number of carbonyl (C=O) groups excluding carboxylic acids is 1. The lowest BCUT2D eigenvalue weighted by Crippen LogP contribution is -2.26. The van der Waals surface area contributed by atoms with Crippen molar-refractivity contribution in [3.8, 4) is 0 Å². The first kappa shape index (κ1) is 12.0. The Labute approximate surface area is 111 Å². The molecule has 0 saturated heterocycles. The summed E-state index contributed by atoms with van der Waals surface area (Å²) in [5.74, 6) is 0.476. The van der Waals surface area contributed by atoms with E-state index in [1.807, 2.05) is 19.1 Å². The molecule has 6 nitrogen and oxygen atoms in total. The minimum atomic E-state index is 0.0661. The Kier molecular flexibility index (Phi) is 2.85. The molecule has 19 heavy (non-hydrogen) atoms. The van der Waals surface area contributed by atoms with E-state index in [1.165, 1.54) is 0 Å². The van der Waals surface area contributed by atoms with E-state index in [0.29, 0.717) is 25.0 Å². The Morgan fingerprint density at radius 3 is 3.00 bits per heavy atom. The highest BCUT2D eigenvalue weighted by molar-refractivity contribution is 5.77. The van der Waals surface area contributed by atoms with Gasteiger partial charge in [-0.1, -0.05) is 0 Å². The highest BCUT2D eigenvalue weighted by Gasteiger charge is 2.23. The van der Waals surface area contributed by atoms with Crippen molar-refractivity contribution in [1.29, 1.82) is 0 Å². The zero-order valence-electron chi connectivity index (χ0n) is 10.9. The van der Waals surface area contributed by atoms with Gasteiger partial charge in [-0.3, -0.25) is 9.36 Å². The van der Waals surface area contributed by atoms with Crippen LogP contribution in [0.5, 0.6) is 0 Å². The van der Waals surface area contributed by atoms with Crippen LogP contribution in [-0.2, 0) is 11.3 Å². The van der Waals surface area contributed by atoms with Gasteiger partial charge in [0.1, 0.15) is 5.52 Å². The van der Waals surface area contributed by atoms with Gasteiger partial charge in [-0.05, 0) is 31.9 Å². The fourth-order valence-electron chi connectivity index (χ4n) is 2.08. The number of imidazole rings is 1. The molecular weight excluding hydrogens is 242 g/mol. The van der Waals surface area contributed by atoms with Gasteiger partial charge in [-0.15, -0.1) is 0 Å². The lowest BCUT2D eigenvalue weighted by molar-refractivity contribution is -0.121. The van der Waals surface area contributed by atoms with Crippen molar-refractivity contribution in [1.82, 2.24) is 19.9 Å². The van der Waals surface area contributed by atoms with Gasteiger partial charge in [0.05, 0.1) is 0 Å². The average molecular weight is 259 g/mol. The maximum absolute atomic E-state index is 11.7. The van der Waals surface area contributed by atoms with Gasteiger partial charge in [0.25, 0.3) is 0 Å². The largest absolute Gasteiger partial charge is 0.369 e. The van der Waals surface area contributed by atoms with E-state index in [-0.39, 0.29) is 5.91 Å². The average Bonchev–Trinajstić information content (AvgIpc) is 3.11. The molecule has 0 aliphatic heterocycles. The van der Waals surface area contributed by atoms with Crippen LogP contribution in [0.1, 0.15) is 25.0 Å². The van der Waals surface area contributed by atoms with E-state index in [2.05, 4.69) is 15.3 Å². The summed E-state index contributed by atoms with van der Waals surface area (Å²) in [6.45, 7) is 2.43. The molecular formula is C13H17N5O.